The minimum absolute atomic E-state index is 1.06. The largest absolute Gasteiger partial charge is 0.291 e. The molecule has 4 rings (SSSR count). The standard InChI is InChI=1S/C22H21N3/c1-15-7-5-8-16(2)21(15)24-14-25(20-13-23-12-11-19(20)24)22-17(3)9-6-10-18(22)4/h5-13H,1-4H3. The van der Waals surface area contributed by atoms with Crippen molar-refractivity contribution in [1.29, 1.82) is 0 Å². The molecule has 3 nitrogen and oxygen atoms in total. The van der Waals surface area contributed by atoms with Gasteiger partial charge in [-0.05, 0) is 56.0 Å². The summed E-state index contributed by atoms with van der Waals surface area (Å²) in [4.78, 5) is 4.36. The smallest absolute Gasteiger partial charge is 0.269 e. The normalized spacial score (nSPS) is 11.2. The quantitative estimate of drug-likeness (QED) is 0.396. The fraction of sp³-hybridized carbons (Fsp3) is 0.182. The minimum Gasteiger partial charge on any atom is -0.291 e. The van der Waals surface area contributed by atoms with E-state index in [-0.39, 0.29) is 0 Å². The monoisotopic (exact) mass is 327 g/mol. The lowest BCUT2D eigenvalue weighted by Crippen LogP contribution is -2.32. The Balaban J connectivity index is 2.10. The van der Waals surface area contributed by atoms with Crippen LogP contribution in [0, 0.1) is 34.0 Å². The first-order chi connectivity index (χ1) is 12.1. The van der Waals surface area contributed by atoms with Crippen LogP contribution in [0.3, 0.4) is 0 Å². The summed E-state index contributed by atoms with van der Waals surface area (Å²) in [5.74, 6) is 0. The number of imidazole rings is 1. The Bertz CT molecular complexity index is 964. The minimum atomic E-state index is 1.06. The first kappa shape index (κ1) is 15.6. The SMILES string of the molecule is Cc1cccc(C)c1-n1[c-][n+](-c2c(C)cccc2C)c2ccncc21. The summed E-state index contributed by atoms with van der Waals surface area (Å²) < 4.78 is 4.30. The number of aryl methyl sites for hydroxylation is 4. The maximum Gasteiger partial charge on any atom is 0.269 e. The molecule has 0 bridgehead atoms. The Morgan fingerprint density at radius 3 is 2.08 bits per heavy atom. The van der Waals surface area contributed by atoms with Gasteiger partial charge in [-0.2, -0.15) is 0 Å². The number of rotatable bonds is 2. The van der Waals surface area contributed by atoms with Crippen LogP contribution in [0.5, 0.6) is 0 Å². The maximum absolute atomic E-state index is 4.36. The van der Waals surface area contributed by atoms with Gasteiger partial charge in [-0.3, -0.25) is 14.1 Å². The van der Waals surface area contributed by atoms with Crippen LogP contribution in [0.4, 0.5) is 0 Å². The molecule has 3 heteroatoms. The van der Waals surface area contributed by atoms with Crippen molar-refractivity contribution in [3.05, 3.63) is 83.4 Å². The second kappa shape index (κ2) is 5.85. The number of hydrogen-bond acceptors (Lipinski definition) is 1. The number of nitrogens with zero attached hydrogens (tertiary/aromatic N) is 3. The number of hydrogen-bond donors (Lipinski definition) is 0. The summed E-state index contributed by atoms with van der Waals surface area (Å²) in [6.07, 6.45) is 7.34. The second-order valence-corrected chi connectivity index (χ2v) is 6.62. The van der Waals surface area contributed by atoms with E-state index in [0.29, 0.717) is 0 Å². The summed E-state index contributed by atoms with van der Waals surface area (Å²) >= 11 is 0. The Morgan fingerprint density at radius 1 is 0.840 bits per heavy atom. The van der Waals surface area contributed by atoms with Crippen LogP contribution < -0.4 is 4.57 Å². The molecule has 0 spiro atoms. The molecule has 2 aromatic heterocycles. The highest BCUT2D eigenvalue weighted by molar-refractivity contribution is 5.74. The van der Waals surface area contributed by atoms with E-state index in [0.717, 1.165) is 11.0 Å². The van der Waals surface area contributed by atoms with E-state index in [4.69, 9.17) is 0 Å². The van der Waals surface area contributed by atoms with E-state index in [9.17, 15) is 0 Å². The molecule has 2 aromatic carbocycles. The summed E-state index contributed by atoms with van der Waals surface area (Å²) in [5.41, 5.74) is 9.44. The number of aromatic nitrogens is 3. The fourth-order valence-corrected chi connectivity index (χ4v) is 3.61. The zero-order chi connectivity index (χ0) is 17.6. The molecule has 0 aliphatic rings. The molecular formula is C22H21N3. The molecule has 0 saturated carbocycles. The third kappa shape index (κ3) is 2.43. The fourth-order valence-electron chi connectivity index (χ4n) is 3.61. The van der Waals surface area contributed by atoms with Crippen LogP contribution in [-0.4, -0.2) is 9.55 Å². The average Bonchev–Trinajstić information content (AvgIpc) is 2.94. The molecule has 25 heavy (non-hydrogen) atoms. The van der Waals surface area contributed by atoms with Gasteiger partial charge in [0.1, 0.15) is 0 Å². The molecule has 0 aliphatic heterocycles. The molecule has 2 heterocycles. The van der Waals surface area contributed by atoms with Gasteiger partial charge in [0, 0.05) is 12.4 Å². The second-order valence-electron chi connectivity index (χ2n) is 6.62. The summed E-state index contributed by atoms with van der Waals surface area (Å²) in [6, 6.07) is 14.8. The highest BCUT2D eigenvalue weighted by atomic mass is 15.1. The van der Waals surface area contributed by atoms with E-state index < -0.39 is 0 Å². The third-order valence-electron chi connectivity index (χ3n) is 4.79. The van der Waals surface area contributed by atoms with Crippen LogP contribution >= 0.6 is 0 Å². The van der Waals surface area contributed by atoms with Crippen molar-refractivity contribution in [2.24, 2.45) is 0 Å². The molecule has 4 aromatic rings. The predicted octanol–water partition coefficient (Wildman–Crippen LogP) is 4.34. The average molecular weight is 327 g/mol. The Hall–Kier alpha value is -2.94. The highest BCUT2D eigenvalue weighted by Crippen LogP contribution is 2.24. The Morgan fingerprint density at radius 2 is 1.44 bits per heavy atom. The molecule has 0 N–H and O–H groups in total. The van der Waals surface area contributed by atoms with Crippen molar-refractivity contribution in [3.63, 3.8) is 0 Å². The number of fused-ring (bicyclic) bond motifs is 1. The van der Waals surface area contributed by atoms with E-state index in [1.165, 1.54) is 33.6 Å². The Labute approximate surface area is 148 Å². The summed E-state index contributed by atoms with van der Waals surface area (Å²) in [7, 11) is 0. The zero-order valence-electron chi connectivity index (χ0n) is 15.0. The van der Waals surface area contributed by atoms with Crippen LogP contribution in [0.25, 0.3) is 22.4 Å². The predicted molar refractivity (Wildman–Crippen MR) is 100 cm³/mol. The molecule has 0 radical (unpaired) electrons. The lowest BCUT2D eigenvalue weighted by Gasteiger charge is -2.11. The number of para-hydroxylation sites is 2. The van der Waals surface area contributed by atoms with Gasteiger partial charge < -0.3 is 0 Å². The van der Waals surface area contributed by atoms with Crippen molar-refractivity contribution in [2.75, 3.05) is 0 Å². The van der Waals surface area contributed by atoms with Crippen molar-refractivity contribution in [3.8, 4) is 11.4 Å². The van der Waals surface area contributed by atoms with Gasteiger partial charge in [-0.25, -0.2) is 0 Å². The molecule has 0 fully saturated rings. The van der Waals surface area contributed by atoms with Crippen LogP contribution in [0.2, 0.25) is 0 Å². The first-order valence-electron chi connectivity index (χ1n) is 8.51. The number of benzene rings is 2. The lowest BCUT2D eigenvalue weighted by atomic mass is 10.1. The summed E-state index contributed by atoms with van der Waals surface area (Å²) in [5, 5.41) is 0. The van der Waals surface area contributed by atoms with Crippen LogP contribution in [0.15, 0.2) is 54.9 Å². The summed E-state index contributed by atoms with van der Waals surface area (Å²) in [6.45, 7) is 8.57. The molecular weight excluding hydrogens is 306 g/mol. The number of pyridine rings is 1. The molecule has 124 valence electrons. The van der Waals surface area contributed by atoms with Crippen molar-refractivity contribution in [2.45, 2.75) is 27.7 Å². The zero-order valence-corrected chi connectivity index (χ0v) is 15.0. The van der Waals surface area contributed by atoms with E-state index >= 15 is 0 Å². The molecule has 0 amide bonds. The first-order valence-corrected chi connectivity index (χ1v) is 8.51. The molecule has 0 atom stereocenters. The van der Waals surface area contributed by atoms with Gasteiger partial charge in [0.15, 0.2) is 0 Å². The molecule has 0 aliphatic carbocycles. The Kier molecular flexibility index (Phi) is 3.65. The van der Waals surface area contributed by atoms with Gasteiger partial charge in [0.05, 0.1) is 22.4 Å². The van der Waals surface area contributed by atoms with E-state index in [1.54, 1.807) is 0 Å². The highest BCUT2D eigenvalue weighted by Gasteiger charge is 2.16. The maximum atomic E-state index is 4.36. The van der Waals surface area contributed by atoms with Crippen molar-refractivity contribution >= 4 is 11.0 Å². The topological polar surface area (TPSA) is 21.7 Å². The molecule has 0 saturated heterocycles. The van der Waals surface area contributed by atoms with Gasteiger partial charge in [0.2, 0.25) is 0 Å². The third-order valence-corrected chi connectivity index (χ3v) is 4.79. The van der Waals surface area contributed by atoms with Gasteiger partial charge >= 0.3 is 0 Å². The van der Waals surface area contributed by atoms with Crippen molar-refractivity contribution in [1.82, 2.24) is 9.55 Å². The molecule has 0 unspecified atom stereocenters. The van der Waals surface area contributed by atoms with Gasteiger partial charge in [0.25, 0.3) is 6.33 Å². The van der Waals surface area contributed by atoms with Crippen molar-refractivity contribution < 1.29 is 4.57 Å². The van der Waals surface area contributed by atoms with E-state index in [1.807, 2.05) is 12.4 Å². The van der Waals surface area contributed by atoms with Crippen LogP contribution in [0.1, 0.15) is 22.3 Å². The van der Waals surface area contributed by atoms with Crippen LogP contribution in [-0.2, 0) is 0 Å². The van der Waals surface area contributed by atoms with Gasteiger partial charge in [-0.1, -0.05) is 36.4 Å². The lowest BCUT2D eigenvalue weighted by molar-refractivity contribution is -0.573. The van der Waals surface area contributed by atoms with E-state index in [2.05, 4.69) is 90.6 Å². The van der Waals surface area contributed by atoms with Gasteiger partial charge in [-0.15, -0.1) is 0 Å².